The van der Waals surface area contributed by atoms with Gasteiger partial charge < -0.3 is 9.47 Å². The second-order valence-electron chi connectivity index (χ2n) is 6.10. The third kappa shape index (κ3) is 3.56. The first kappa shape index (κ1) is 17.5. The zero-order chi connectivity index (χ0) is 16.4. The summed E-state index contributed by atoms with van der Waals surface area (Å²) in [4.78, 5) is 17.3. The van der Waals surface area contributed by atoms with E-state index in [9.17, 15) is 4.79 Å². The second-order valence-corrected chi connectivity index (χ2v) is 7.13. The molecule has 0 spiro atoms. The summed E-state index contributed by atoms with van der Waals surface area (Å²) in [5.74, 6) is 0.0926. The van der Waals surface area contributed by atoms with Gasteiger partial charge in [-0.2, -0.15) is 0 Å². The van der Waals surface area contributed by atoms with Crippen LogP contribution in [0, 0.1) is 0 Å². The molecule has 0 saturated heterocycles. The van der Waals surface area contributed by atoms with Gasteiger partial charge in [0.05, 0.1) is 10.3 Å². The van der Waals surface area contributed by atoms with Gasteiger partial charge in [0.25, 0.3) is 0 Å². The summed E-state index contributed by atoms with van der Waals surface area (Å²) in [5, 5.41) is 0. The van der Waals surface area contributed by atoms with Gasteiger partial charge in [-0.1, -0.05) is 52.9 Å². The van der Waals surface area contributed by atoms with Gasteiger partial charge in [-0.15, -0.1) is 11.6 Å². The van der Waals surface area contributed by atoms with Gasteiger partial charge in [0.2, 0.25) is 11.5 Å². The molecule has 22 heavy (non-hydrogen) atoms. The predicted octanol–water partition coefficient (Wildman–Crippen LogP) is 3.91. The summed E-state index contributed by atoms with van der Waals surface area (Å²) < 4.78 is 11.9. The molecule has 0 bridgehead atoms. The van der Waals surface area contributed by atoms with Crippen molar-refractivity contribution in [2.24, 2.45) is 4.99 Å². The Kier molecular flexibility index (Phi) is 5.37. The number of rotatable bonds is 4. The Morgan fingerprint density at radius 1 is 1.41 bits per heavy atom. The number of carbonyl (C=O) groups is 1. The van der Waals surface area contributed by atoms with Crippen LogP contribution in [0.4, 0.5) is 0 Å². The van der Waals surface area contributed by atoms with E-state index in [4.69, 9.17) is 21.1 Å². The molecule has 2 rings (SSSR count). The molecule has 1 aromatic carbocycles. The van der Waals surface area contributed by atoms with Crippen molar-refractivity contribution < 1.29 is 14.3 Å². The van der Waals surface area contributed by atoms with Crippen molar-refractivity contribution in [1.29, 1.82) is 0 Å². The van der Waals surface area contributed by atoms with Crippen molar-refractivity contribution in [2.75, 3.05) is 10.3 Å². The van der Waals surface area contributed by atoms with Crippen molar-refractivity contribution in [2.45, 2.75) is 38.0 Å². The lowest BCUT2D eigenvalue weighted by Crippen LogP contribution is -2.49. The summed E-state index contributed by atoms with van der Waals surface area (Å²) in [6, 6.07) is 9.16. The monoisotopic (exact) mass is 435 g/mol. The number of nitrogens with zero attached hydrogens (tertiary/aromatic N) is 1. The minimum atomic E-state index is -1.17. The highest BCUT2D eigenvalue weighted by Crippen LogP contribution is 2.41. The highest BCUT2D eigenvalue weighted by Gasteiger charge is 2.55. The van der Waals surface area contributed by atoms with E-state index in [1.807, 2.05) is 51.1 Å². The quantitative estimate of drug-likeness (QED) is 0.409. The number of aliphatic imine (C=N–C) groups is 1. The largest absolute Gasteiger partial charge is 0.458 e. The number of halogens is 2. The van der Waals surface area contributed by atoms with Crippen LogP contribution >= 0.6 is 34.2 Å². The molecular formula is C16H19ClINO3. The molecule has 1 aliphatic heterocycles. The van der Waals surface area contributed by atoms with E-state index in [1.165, 1.54) is 0 Å². The fourth-order valence-electron chi connectivity index (χ4n) is 2.25. The van der Waals surface area contributed by atoms with Gasteiger partial charge in [-0.05, 0) is 26.3 Å². The van der Waals surface area contributed by atoms with Crippen molar-refractivity contribution in [3.8, 4) is 0 Å². The topological polar surface area (TPSA) is 47.9 Å². The Labute approximate surface area is 149 Å². The predicted molar refractivity (Wildman–Crippen MR) is 95.9 cm³/mol. The molecule has 6 heteroatoms. The minimum absolute atomic E-state index is 0.129. The van der Waals surface area contributed by atoms with Crippen molar-refractivity contribution in [3.05, 3.63) is 35.9 Å². The molecule has 0 aromatic heterocycles. The maximum Gasteiger partial charge on any atom is 0.354 e. The molecule has 0 N–H and O–H groups in total. The fraction of sp³-hybridized carbons (Fsp3) is 0.500. The lowest BCUT2D eigenvalue weighted by molar-refractivity contribution is -0.173. The van der Waals surface area contributed by atoms with Crippen LogP contribution in [0.1, 0.15) is 32.4 Å². The fourth-order valence-corrected chi connectivity index (χ4v) is 3.26. The van der Waals surface area contributed by atoms with Crippen LogP contribution in [0.3, 0.4) is 0 Å². The van der Waals surface area contributed by atoms with Crippen LogP contribution in [-0.2, 0) is 14.3 Å². The summed E-state index contributed by atoms with van der Waals surface area (Å²) in [6.45, 7) is 5.50. The summed E-state index contributed by atoms with van der Waals surface area (Å²) in [6.07, 6.45) is 0. The Balaban J connectivity index is 2.42. The minimum Gasteiger partial charge on any atom is -0.458 e. The van der Waals surface area contributed by atoms with E-state index in [2.05, 4.69) is 27.6 Å². The van der Waals surface area contributed by atoms with Gasteiger partial charge >= 0.3 is 5.97 Å². The first-order valence-corrected chi connectivity index (χ1v) is 9.04. The zero-order valence-corrected chi connectivity index (χ0v) is 15.7. The van der Waals surface area contributed by atoms with Crippen LogP contribution in [0.5, 0.6) is 0 Å². The first-order valence-electron chi connectivity index (χ1n) is 6.98. The molecule has 1 heterocycles. The molecule has 0 fully saturated rings. The molecule has 4 nitrogen and oxygen atoms in total. The average molecular weight is 436 g/mol. The zero-order valence-electron chi connectivity index (χ0n) is 12.8. The molecule has 1 aliphatic rings. The highest BCUT2D eigenvalue weighted by atomic mass is 127. The maximum absolute atomic E-state index is 12.8. The third-order valence-corrected chi connectivity index (χ3v) is 4.55. The molecule has 0 saturated carbocycles. The lowest BCUT2D eigenvalue weighted by atomic mass is 9.91. The Morgan fingerprint density at radius 3 is 2.55 bits per heavy atom. The normalized spacial score (nSPS) is 24.6. The van der Waals surface area contributed by atoms with Crippen LogP contribution in [0.15, 0.2) is 35.3 Å². The molecule has 0 unspecified atom stereocenters. The maximum atomic E-state index is 12.8. The van der Waals surface area contributed by atoms with Gasteiger partial charge in [0.1, 0.15) is 11.6 Å². The number of ether oxygens (including phenoxy) is 2. The summed E-state index contributed by atoms with van der Waals surface area (Å²) >= 11 is 8.01. The average Bonchev–Trinajstić information content (AvgIpc) is 2.86. The van der Waals surface area contributed by atoms with Crippen molar-refractivity contribution in [3.63, 3.8) is 0 Å². The first-order chi connectivity index (χ1) is 10.3. The van der Waals surface area contributed by atoms with E-state index in [-0.39, 0.29) is 5.88 Å². The van der Waals surface area contributed by atoms with Crippen molar-refractivity contribution >= 4 is 46.1 Å². The van der Waals surface area contributed by atoms with Crippen LogP contribution in [0.2, 0.25) is 0 Å². The molecule has 0 aliphatic carbocycles. The molecule has 0 radical (unpaired) electrons. The molecular weight excluding hydrogens is 417 g/mol. The van der Waals surface area contributed by atoms with Crippen molar-refractivity contribution in [1.82, 2.24) is 0 Å². The van der Waals surface area contributed by atoms with Crippen LogP contribution in [0.25, 0.3) is 0 Å². The Hall–Kier alpha value is -0.820. The second kappa shape index (κ2) is 6.74. The summed E-state index contributed by atoms with van der Waals surface area (Å²) in [5.41, 5.74) is -0.853. The number of hydrogen-bond acceptors (Lipinski definition) is 4. The highest BCUT2D eigenvalue weighted by molar-refractivity contribution is 14.1. The molecule has 120 valence electrons. The third-order valence-electron chi connectivity index (χ3n) is 3.19. The van der Waals surface area contributed by atoms with Gasteiger partial charge in [0.15, 0.2) is 0 Å². The van der Waals surface area contributed by atoms with E-state index in [0.717, 1.165) is 5.56 Å². The van der Waals surface area contributed by atoms with Crippen LogP contribution in [-0.4, -0.2) is 33.4 Å². The summed E-state index contributed by atoms with van der Waals surface area (Å²) in [7, 11) is 0. The number of alkyl halides is 2. The lowest BCUT2D eigenvalue weighted by Gasteiger charge is -2.32. The molecule has 0 amide bonds. The van der Waals surface area contributed by atoms with Crippen LogP contribution < -0.4 is 0 Å². The van der Waals surface area contributed by atoms with Gasteiger partial charge in [-0.3, -0.25) is 0 Å². The number of hydrogen-bond donors (Lipinski definition) is 0. The number of esters is 1. The van der Waals surface area contributed by atoms with E-state index in [1.54, 1.807) is 0 Å². The standard InChI is InChI=1S/C16H19ClINO3/c1-15(2,3)22-14(20)16(10-18)13(19-12(9-17)21-16)11-7-5-4-6-8-11/h4-8,13H,9-10H2,1-3H3/t13-,16+/m0/s1. The SMILES string of the molecule is CC(C)(C)OC(=O)[C@]1(CI)OC(CCl)=N[C@H]1c1ccccc1. The van der Waals surface area contributed by atoms with E-state index >= 15 is 0 Å². The molecule has 1 aromatic rings. The van der Waals surface area contributed by atoms with E-state index < -0.39 is 23.2 Å². The smallest absolute Gasteiger partial charge is 0.354 e. The number of benzene rings is 1. The van der Waals surface area contributed by atoms with Gasteiger partial charge in [-0.25, -0.2) is 9.79 Å². The van der Waals surface area contributed by atoms with E-state index in [0.29, 0.717) is 10.3 Å². The van der Waals surface area contributed by atoms with Gasteiger partial charge in [0, 0.05) is 0 Å². The molecule has 2 atom stereocenters. The number of carbonyl (C=O) groups excluding carboxylic acids is 1. The Morgan fingerprint density at radius 2 is 2.05 bits per heavy atom. The Bertz CT molecular complexity index is 571.